The van der Waals surface area contributed by atoms with E-state index < -0.39 is 0 Å². The Balaban J connectivity index is 0.00000225. The van der Waals surface area contributed by atoms with E-state index in [-0.39, 0.29) is 30.2 Å². The monoisotopic (exact) mass is 366 g/mol. The maximum atomic E-state index is 13.0. The number of carbonyl (C=O) groups excluding carboxylic acids is 2. The number of amides is 1. The number of nitrogens with zero attached hydrogens (tertiary/aromatic N) is 1. The van der Waals surface area contributed by atoms with E-state index in [1.165, 1.54) is 12.7 Å². The van der Waals surface area contributed by atoms with Crippen LogP contribution < -0.4 is 5.32 Å². The summed E-state index contributed by atoms with van der Waals surface area (Å²) in [6, 6.07) is 8.02. The molecule has 0 atom stereocenters. The summed E-state index contributed by atoms with van der Waals surface area (Å²) >= 11 is 0. The summed E-state index contributed by atoms with van der Waals surface area (Å²) in [5.74, 6) is 0.336. The zero-order chi connectivity index (χ0) is 16.9. The van der Waals surface area contributed by atoms with E-state index in [1.54, 1.807) is 0 Å². The van der Waals surface area contributed by atoms with Gasteiger partial charge in [0.25, 0.3) is 5.91 Å². The van der Waals surface area contributed by atoms with Gasteiger partial charge in [-0.05, 0) is 56.3 Å². The fourth-order valence-corrected chi connectivity index (χ4v) is 3.84. The number of hydrogen-bond acceptors (Lipinski definition) is 4. The van der Waals surface area contributed by atoms with Gasteiger partial charge >= 0.3 is 5.97 Å². The van der Waals surface area contributed by atoms with Gasteiger partial charge in [0.1, 0.15) is 0 Å². The van der Waals surface area contributed by atoms with Crippen LogP contribution in [0, 0.1) is 5.92 Å². The van der Waals surface area contributed by atoms with Crippen LogP contribution in [0.2, 0.25) is 0 Å². The Labute approximate surface area is 155 Å². The van der Waals surface area contributed by atoms with E-state index in [0.29, 0.717) is 31.8 Å². The van der Waals surface area contributed by atoms with Crippen molar-refractivity contribution >= 4 is 24.3 Å². The van der Waals surface area contributed by atoms with E-state index in [2.05, 4.69) is 11.4 Å². The number of benzene rings is 1. The second-order valence-electron chi connectivity index (χ2n) is 6.70. The third kappa shape index (κ3) is 4.53. The molecule has 0 radical (unpaired) electrons. The van der Waals surface area contributed by atoms with Gasteiger partial charge in [0.2, 0.25) is 0 Å². The van der Waals surface area contributed by atoms with Gasteiger partial charge in [-0.25, -0.2) is 0 Å². The standard InChI is InChI=1S/C19H26N2O3.ClH/c1-24-19(23)15-8-12-21(13-9-15)18(22)17-5-3-2-4-16(17)14-6-10-20-11-7-14;/h2-5,14-15,20H,6-13H2,1H3;1H. The molecule has 1 amide bonds. The largest absolute Gasteiger partial charge is 0.469 e. The highest BCUT2D eigenvalue weighted by Gasteiger charge is 2.30. The first-order chi connectivity index (χ1) is 11.7. The Morgan fingerprint density at radius 1 is 1.08 bits per heavy atom. The molecule has 2 aliphatic rings. The first kappa shape index (κ1) is 19.7. The second-order valence-corrected chi connectivity index (χ2v) is 6.70. The van der Waals surface area contributed by atoms with E-state index in [9.17, 15) is 9.59 Å². The Hall–Kier alpha value is -1.59. The van der Waals surface area contributed by atoms with E-state index in [1.807, 2.05) is 23.1 Å². The van der Waals surface area contributed by atoms with E-state index >= 15 is 0 Å². The minimum atomic E-state index is -0.155. The van der Waals surface area contributed by atoms with Gasteiger partial charge in [-0.2, -0.15) is 0 Å². The number of carbonyl (C=O) groups is 2. The van der Waals surface area contributed by atoms with E-state index in [0.717, 1.165) is 31.5 Å². The normalized spacial score (nSPS) is 19.2. The van der Waals surface area contributed by atoms with Crippen LogP contribution in [0.5, 0.6) is 0 Å². The van der Waals surface area contributed by atoms with Crippen LogP contribution in [0.1, 0.15) is 47.5 Å². The summed E-state index contributed by atoms with van der Waals surface area (Å²) in [5, 5.41) is 3.38. The fourth-order valence-electron chi connectivity index (χ4n) is 3.84. The SMILES string of the molecule is COC(=O)C1CCN(C(=O)c2ccccc2C2CCNCC2)CC1.Cl. The molecule has 0 unspecified atom stereocenters. The highest BCUT2D eigenvalue weighted by molar-refractivity contribution is 5.96. The maximum absolute atomic E-state index is 13.0. The molecule has 2 saturated heterocycles. The van der Waals surface area contributed by atoms with Crippen LogP contribution >= 0.6 is 12.4 Å². The molecular formula is C19H27ClN2O3. The Morgan fingerprint density at radius 3 is 2.36 bits per heavy atom. The van der Waals surface area contributed by atoms with Crippen molar-refractivity contribution in [3.05, 3.63) is 35.4 Å². The number of halogens is 1. The van der Waals surface area contributed by atoms with Crippen molar-refractivity contribution in [3.63, 3.8) is 0 Å². The van der Waals surface area contributed by atoms with Crippen molar-refractivity contribution < 1.29 is 14.3 Å². The molecule has 138 valence electrons. The highest BCUT2D eigenvalue weighted by Crippen LogP contribution is 2.29. The second kappa shape index (κ2) is 9.20. The summed E-state index contributed by atoms with van der Waals surface area (Å²) in [7, 11) is 1.43. The molecule has 1 aromatic rings. The fraction of sp³-hybridized carbons (Fsp3) is 0.579. The van der Waals surface area contributed by atoms with Gasteiger partial charge < -0.3 is 15.0 Å². The van der Waals surface area contributed by atoms with Crippen molar-refractivity contribution in [2.24, 2.45) is 5.92 Å². The number of rotatable bonds is 3. The number of hydrogen-bond donors (Lipinski definition) is 1. The molecule has 0 aromatic heterocycles. The number of ether oxygens (including phenoxy) is 1. The third-order valence-electron chi connectivity index (χ3n) is 5.29. The average Bonchev–Trinajstić information content (AvgIpc) is 2.67. The number of methoxy groups -OCH3 is 1. The van der Waals surface area contributed by atoms with Gasteiger partial charge in [0.05, 0.1) is 13.0 Å². The lowest BCUT2D eigenvalue weighted by Gasteiger charge is -2.32. The Morgan fingerprint density at radius 2 is 1.72 bits per heavy atom. The summed E-state index contributed by atoms with van der Waals surface area (Å²) in [6.45, 7) is 3.27. The van der Waals surface area contributed by atoms with Crippen LogP contribution in [-0.4, -0.2) is 50.1 Å². The van der Waals surface area contributed by atoms with Crippen molar-refractivity contribution in [2.45, 2.75) is 31.6 Å². The number of likely N-dealkylation sites (tertiary alicyclic amines) is 1. The molecule has 25 heavy (non-hydrogen) atoms. The molecule has 1 N–H and O–H groups in total. The van der Waals surface area contributed by atoms with Gasteiger partial charge in [0.15, 0.2) is 0 Å². The lowest BCUT2D eigenvalue weighted by Crippen LogP contribution is -2.41. The van der Waals surface area contributed by atoms with Gasteiger partial charge in [0, 0.05) is 18.7 Å². The van der Waals surface area contributed by atoms with Crippen molar-refractivity contribution in [1.29, 1.82) is 0 Å². The molecule has 2 aliphatic heterocycles. The molecule has 0 spiro atoms. The molecule has 3 rings (SSSR count). The zero-order valence-electron chi connectivity index (χ0n) is 14.7. The first-order valence-electron chi connectivity index (χ1n) is 8.87. The van der Waals surface area contributed by atoms with Crippen LogP contribution in [0.3, 0.4) is 0 Å². The number of piperidine rings is 2. The minimum Gasteiger partial charge on any atom is -0.469 e. The highest BCUT2D eigenvalue weighted by atomic mass is 35.5. The molecule has 6 heteroatoms. The van der Waals surface area contributed by atoms with Crippen LogP contribution in [0.15, 0.2) is 24.3 Å². The van der Waals surface area contributed by atoms with Gasteiger partial charge in [-0.1, -0.05) is 18.2 Å². The maximum Gasteiger partial charge on any atom is 0.308 e. The molecule has 1 aromatic carbocycles. The smallest absolute Gasteiger partial charge is 0.308 e. The molecule has 2 heterocycles. The van der Waals surface area contributed by atoms with Crippen LogP contribution in [0.25, 0.3) is 0 Å². The Kier molecular flexibility index (Phi) is 7.26. The zero-order valence-corrected chi connectivity index (χ0v) is 15.5. The summed E-state index contributed by atoms with van der Waals surface area (Å²) < 4.78 is 4.82. The van der Waals surface area contributed by atoms with E-state index in [4.69, 9.17) is 4.74 Å². The molecular weight excluding hydrogens is 340 g/mol. The quantitative estimate of drug-likeness (QED) is 0.835. The third-order valence-corrected chi connectivity index (χ3v) is 5.29. The summed E-state index contributed by atoms with van der Waals surface area (Å²) in [6.07, 6.45) is 3.53. The first-order valence-corrected chi connectivity index (χ1v) is 8.87. The molecule has 0 aliphatic carbocycles. The average molecular weight is 367 g/mol. The predicted molar refractivity (Wildman–Crippen MR) is 99.2 cm³/mol. The minimum absolute atomic E-state index is 0. The summed E-state index contributed by atoms with van der Waals surface area (Å²) in [5.41, 5.74) is 2.01. The number of nitrogens with one attached hydrogen (secondary N) is 1. The topological polar surface area (TPSA) is 58.6 Å². The van der Waals surface area contributed by atoms with Gasteiger partial charge in [-0.15, -0.1) is 12.4 Å². The van der Waals surface area contributed by atoms with Crippen molar-refractivity contribution in [3.8, 4) is 0 Å². The number of esters is 1. The van der Waals surface area contributed by atoms with Crippen molar-refractivity contribution in [1.82, 2.24) is 10.2 Å². The Bertz CT molecular complexity index is 594. The van der Waals surface area contributed by atoms with Crippen LogP contribution in [0.4, 0.5) is 0 Å². The predicted octanol–water partition coefficient (Wildman–Crippen LogP) is 2.60. The van der Waals surface area contributed by atoms with Crippen molar-refractivity contribution in [2.75, 3.05) is 33.3 Å². The van der Waals surface area contributed by atoms with Crippen LogP contribution in [-0.2, 0) is 9.53 Å². The molecule has 2 fully saturated rings. The lowest BCUT2D eigenvalue weighted by molar-refractivity contribution is -0.146. The van der Waals surface area contributed by atoms with Gasteiger partial charge in [-0.3, -0.25) is 9.59 Å². The molecule has 0 bridgehead atoms. The molecule has 0 saturated carbocycles. The molecule has 5 nitrogen and oxygen atoms in total. The summed E-state index contributed by atoms with van der Waals surface area (Å²) in [4.78, 5) is 26.5. The lowest BCUT2D eigenvalue weighted by atomic mass is 9.86.